The Kier molecular flexibility index (Phi) is 8.85. The zero-order valence-corrected chi connectivity index (χ0v) is 35.9. The number of hydrogen-bond acceptors (Lipinski definition) is 3. The zero-order chi connectivity index (χ0) is 43.6. The van der Waals surface area contributed by atoms with Crippen LogP contribution in [-0.2, 0) is 0 Å². The molecule has 0 atom stereocenters. The van der Waals surface area contributed by atoms with E-state index < -0.39 is 0 Å². The van der Waals surface area contributed by atoms with Gasteiger partial charge in [-0.3, -0.25) is 0 Å². The fourth-order valence-electron chi connectivity index (χ4n) is 10.1. The fourth-order valence-corrected chi connectivity index (χ4v) is 10.1. The highest BCUT2D eigenvalue weighted by molar-refractivity contribution is 6.18. The molecule has 0 spiro atoms. The van der Waals surface area contributed by atoms with Crippen LogP contribution >= 0.6 is 0 Å². The Bertz CT molecular complexity index is 3910. The molecule has 3 nitrogen and oxygen atoms in total. The molecule has 13 aromatic rings. The molecule has 0 radical (unpaired) electrons. The Morgan fingerprint density at radius 3 is 1.47 bits per heavy atom. The first-order chi connectivity index (χ1) is 32.7. The van der Waals surface area contributed by atoms with Crippen LogP contribution in [0.5, 0.6) is 0 Å². The third-order valence-corrected chi connectivity index (χ3v) is 13.2. The third-order valence-electron chi connectivity index (χ3n) is 13.2. The van der Waals surface area contributed by atoms with Crippen LogP contribution in [0.3, 0.4) is 0 Å². The molecule has 2 aromatic heterocycles. The van der Waals surface area contributed by atoms with E-state index in [1.807, 2.05) is 0 Å². The van der Waals surface area contributed by atoms with Crippen molar-refractivity contribution in [3.05, 3.63) is 237 Å². The minimum absolute atomic E-state index is 0.693. The summed E-state index contributed by atoms with van der Waals surface area (Å²) >= 11 is 0. The van der Waals surface area contributed by atoms with Gasteiger partial charge in [-0.25, -0.2) is 15.0 Å². The number of benzene rings is 11. The Balaban J connectivity index is 1.03. The molecule has 0 amide bonds. The average Bonchev–Trinajstić information content (AvgIpc) is 3.40. The van der Waals surface area contributed by atoms with E-state index in [4.69, 9.17) is 15.0 Å². The van der Waals surface area contributed by atoms with Gasteiger partial charge in [-0.15, -0.1) is 0 Å². The second kappa shape index (κ2) is 15.5. The highest BCUT2D eigenvalue weighted by Gasteiger charge is 2.19. The Morgan fingerprint density at radius 1 is 0.242 bits per heavy atom. The average molecular weight is 838 g/mol. The molecule has 3 heteroatoms. The molecular weight excluding hydrogens is 799 g/mol. The quantitative estimate of drug-likeness (QED) is 0.157. The highest BCUT2D eigenvalue weighted by atomic mass is 14.9. The summed E-state index contributed by atoms with van der Waals surface area (Å²) in [5.74, 6) is 0.693. The molecule has 0 aliphatic carbocycles. The lowest BCUT2D eigenvalue weighted by Gasteiger charge is -2.16. The number of aromatic nitrogens is 3. The predicted octanol–water partition coefficient (Wildman–Crippen LogP) is 16.8. The van der Waals surface area contributed by atoms with Gasteiger partial charge < -0.3 is 0 Å². The summed E-state index contributed by atoms with van der Waals surface area (Å²) in [6, 6.07) is 84.6. The Morgan fingerprint density at radius 2 is 0.758 bits per heavy atom. The first-order valence-electron chi connectivity index (χ1n) is 22.5. The van der Waals surface area contributed by atoms with E-state index in [-0.39, 0.29) is 0 Å². The maximum atomic E-state index is 5.50. The van der Waals surface area contributed by atoms with Crippen molar-refractivity contribution in [1.29, 1.82) is 0 Å². The molecule has 0 saturated heterocycles. The van der Waals surface area contributed by atoms with E-state index in [0.29, 0.717) is 5.82 Å². The number of rotatable bonds is 6. The normalized spacial score (nSPS) is 11.6. The van der Waals surface area contributed by atoms with Crippen molar-refractivity contribution in [3.8, 4) is 67.4 Å². The third kappa shape index (κ3) is 6.32. The predicted molar refractivity (Wildman–Crippen MR) is 277 cm³/mol. The van der Waals surface area contributed by atoms with Crippen LogP contribution in [0.15, 0.2) is 237 Å². The van der Waals surface area contributed by atoms with E-state index in [2.05, 4.69) is 237 Å². The second-order valence-electron chi connectivity index (χ2n) is 17.1. The molecule has 66 heavy (non-hydrogen) atoms. The molecule has 306 valence electrons. The summed E-state index contributed by atoms with van der Waals surface area (Å²) in [5.41, 5.74) is 12.5. The monoisotopic (exact) mass is 837 g/mol. The van der Waals surface area contributed by atoms with Crippen LogP contribution in [-0.4, -0.2) is 15.0 Å². The SMILES string of the molecule is c1ccc(-c2nc3ccc(-c4cccc(-c5cc(-c6cc7ccccc7c7ccccc67)nc(-c6cc7ccccc7c7ccccc67)n5)c4)cc3c3c(-c4ccccc4)cccc23)cc1. The van der Waals surface area contributed by atoms with Crippen LogP contribution in [0, 0.1) is 0 Å². The van der Waals surface area contributed by atoms with Gasteiger partial charge in [0.1, 0.15) is 0 Å². The van der Waals surface area contributed by atoms with E-state index in [1.165, 1.54) is 43.4 Å². The molecule has 13 rings (SSSR count). The number of nitrogens with zero attached hydrogens (tertiary/aromatic N) is 3. The van der Waals surface area contributed by atoms with Crippen molar-refractivity contribution in [2.75, 3.05) is 0 Å². The summed E-state index contributed by atoms with van der Waals surface area (Å²) in [6.07, 6.45) is 0. The summed E-state index contributed by atoms with van der Waals surface area (Å²) < 4.78 is 0. The standard InChI is InChI=1S/C63H39N3/c1-3-17-40(18-4-1)49-31-16-32-54-61(49)57-36-43(33-34-58(57)64-62(54)41-19-5-2-6-20-41)42-23-15-24-46(35-42)59-39-60(55-37-44-21-7-9-25-47(44)50-27-11-13-29-52(50)55)66-63(65-59)56-38-45-22-8-10-26-48(45)51-28-12-14-30-53(51)56/h1-39H. The highest BCUT2D eigenvalue weighted by Crippen LogP contribution is 2.42. The van der Waals surface area contributed by atoms with Crippen molar-refractivity contribution in [3.63, 3.8) is 0 Å². The molecule has 2 heterocycles. The smallest absolute Gasteiger partial charge is 0.161 e. The van der Waals surface area contributed by atoms with Crippen LogP contribution in [0.2, 0.25) is 0 Å². The van der Waals surface area contributed by atoms with Crippen molar-refractivity contribution >= 4 is 64.8 Å². The van der Waals surface area contributed by atoms with Crippen molar-refractivity contribution in [1.82, 2.24) is 15.0 Å². The minimum atomic E-state index is 0.693. The van der Waals surface area contributed by atoms with Gasteiger partial charge in [0.2, 0.25) is 0 Å². The Hall–Kier alpha value is -8.79. The number of pyridine rings is 1. The zero-order valence-electron chi connectivity index (χ0n) is 35.9. The van der Waals surface area contributed by atoms with Crippen LogP contribution in [0.4, 0.5) is 0 Å². The summed E-state index contributed by atoms with van der Waals surface area (Å²) in [6.45, 7) is 0. The van der Waals surface area contributed by atoms with Crippen molar-refractivity contribution in [2.24, 2.45) is 0 Å². The molecule has 0 saturated carbocycles. The van der Waals surface area contributed by atoms with Crippen LogP contribution in [0.1, 0.15) is 0 Å². The first kappa shape index (κ1) is 37.7. The van der Waals surface area contributed by atoms with E-state index in [9.17, 15) is 0 Å². The van der Waals surface area contributed by atoms with Crippen LogP contribution in [0.25, 0.3) is 132 Å². The molecule has 0 N–H and O–H groups in total. The van der Waals surface area contributed by atoms with Gasteiger partial charge in [0.25, 0.3) is 0 Å². The molecule has 0 aliphatic heterocycles. The summed E-state index contributed by atoms with van der Waals surface area (Å²) in [4.78, 5) is 16.3. The largest absolute Gasteiger partial charge is 0.247 e. The van der Waals surface area contributed by atoms with Crippen LogP contribution < -0.4 is 0 Å². The minimum Gasteiger partial charge on any atom is -0.247 e. The fraction of sp³-hybridized carbons (Fsp3) is 0. The van der Waals surface area contributed by atoms with Gasteiger partial charge in [0, 0.05) is 38.4 Å². The van der Waals surface area contributed by atoms with Crippen molar-refractivity contribution < 1.29 is 0 Å². The molecular formula is C63H39N3. The number of fused-ring (bicyclic) bond motifs is 9. The van der Waals surface area contributed by atoms with Gasteiger partial charge in [0.05, 0.1) is 22.6 Å². The molecule has 11 aromatic carbocycles. The lowest BCUT2D eigenvalue weighted by atomic mass is 9.91. The summed E-state index contributed by atoms with van der Waals surface area (Å²) in [7, 11) is 0. The molecule has 0 aliphatic rings. The van der Waals surface area contributed by atoms with E-state index in [0.717, 1.165) is 82.9 Å². The van der Waals surface area contributed by atoms with Gasteiger partial charge >= 0.3 is 0 Å². The van der Waals surface area contributed by atoms with Gasteiger partial charge in [-0.1, -0.05) is 200 Å². The van der Waals surface area contributed by atoms with Gasteiger partial charge in [-0.05, 0) is 102 Å². The Labute approximate surface area is 382 Å². The maximum Gasteiger partial charge on any atom is 0.161 e. The second-order valence-corrected chi connectivity index (χ2v) is 17.1. The lowest BCUT2D eigenvalue weighted by molar-refractivity contribution is 1.19. The molecule has 0 unspecified atom stereocenters. The molecule has 0 bridgehead atoms. The summed E-state index contributed by atoms with van der Waals surface area (Å²) in [5, 5.41) is 12.9. The van der Waals surface area contributed by atoms with Gasteiger partial charge in [0.15, 0.2) is 5.82 Å². The topological polar surface area (TPSA) is 38.7 Å². The van der Waals surface area contributed by atoms with Crippen molar-refractivity contribution in [2.45, 2.75) is 0 Å². The van der Waals surface area contributed by atoms with E-state index in [1.54, 1.807) is 0 Å². The lowest BCUT2D eigenvalue weighted by Crippen LogP contribution is -1.98. The number of hydrogen-bond donors (Lipinski definition) is 0. The first-order valence-corrected chi connectivity index (χ1v) is 22.5. The molecule has 0 fully saturated rings. The van der Waals surface area contributed by atoms with Gasteiger partial charge in [-0.2, -0.15) is 0 Å². The maximum absolute atomic E-state index is 5.50. The van der Waals surface area contributed by atoms with E-state index >= 15 is 0 Å².